The van der Waals surface area contributed by atoms with Crippen LogP contribution < -0.4 is 10.6 Å². The van der Waals surface area contributed by atoms with Gasteiger partial charge in [-0.15, -0.1) is 24.8 Å². The third-order valence-electron chi connectivity index (χ3n) is 4.81. The van der Waals surface area contributed by atoms with Gasteiger partial charge in [0.1, 0.15) is 0 Å². The van der Waals surface area contributed by atoms with Crippen LogP contribution in [0.4, 0.5) is 0 Å². The molecule has 1 atom stereocenters. The van der Waals surface area contributed by atoms with Gasteiger partial charge in [-0.1, -0.05) is 23.8 Å². The molecule has 1 unspecified atom stereocenters. The second-order valence-corrected chi connectivity index (χ2v) is 6.06. The third-order valence-corrected chi connectivity index (χ3v) is 4.81. The molecule has 21 heavy (non-hydrogen) atoms. The monoisotopic (exact) mass is 332 g/mol. The standard InChI is InChI=1S/C16H24N2O.2ClH/c1-12-2-3-13-14(10-12)16(4-6-17-7-5-16)11-15(13)18-8-9-19;;/h2-3,10,15,17-19H,4-9,11H2,1H3;2*1H. The number of aliphatic hydroxyl groups is 1. The number of piperidine rings is 1. The molecule has 1 aliphatic heterocycles. The number of hydrogen-bond donors (Lipinski definition) is 3. The predicted octanol–water partition coefficient (Wildman–Crippen LogP) is 2.49. The van der Waals surface area contributed by atoms with E-state index in [1.54, 1.807) is 5.56 Å². The summed E-state index contributed by atoms with van der Waals surface area (Å²) in [5.74, 6) is 0. The third kappa shape index (κ3) is 3.54. The number of nitrogens with one attached hydrogen (secondary N) is 2. The van der Waals surface area contributed by atoms with E-state index in [0.717, 1.165) is 13.1 Å². The summed E-state index contributed by atoms with van der Waals surface area (Å²) in [4.78, 5) is 0. The lowest BCUT2D eigenvalue weighted by atomic mass is 9.74. The fourth-order valence-electron chi connectivity index (χ4n) is 3.84. The maximum Gasteiger partial charge on any atom is 0.0556 e. The van der Waals surface area contributed by atoms with Gasteiger partial charge in [-0.3, -0.25) is 0 Å². The Bertz CT molecular complexity index is 462. The van der Waals surface area contributed by atoms with E-state index in [9.17, 15) is 0 Å². The highest BCUT2D eigenvalue weighted by molar-refractivity contribution is 5.85. The first kappa shape index (κ1) is 18.7. The van der Waals surface area contributed by atoms with Crippen molar-refractivity contribution in [2.24, 2.45) is 0 Å². The van der Waals surface area contributed by atoms with Crippen molar-refractivity contribution in [2.45, 2.75) is 37.6 Å². The molecule has 0 saturated carbocycles. The lowest BCUT2D eigenvalue weighted by Crippen LogP contribution is -2.39. The van der Waals surface area contributed by atoms with Crippen LogP contribution in [0.1, 0.15) is 42.0 Å². The zero-order valence-corrected chi connectivity index (χ0v) is 14.2. The van der Waals surface area contributed by atoms with E-state index in [1.165, 1.54) is 30.4 Å². The minimum Gasteiger partial charge on any atom is -0.395 e. The average Bonchev–Trinajstić information content (AvgIpc) is 2.71. The van der Waals surface area contributed by atoms with Crippen molar-refractivity contribution in [3.8, 4) is 0 Å². The minimum absolute atomic E-state index is 0. The summed E-state index contributed by atoms with van der Waals surface area (Å²) in [6.45, 7) is 5.34. The summed E-state index contributed by atoms with van der Waals surface area (Å²) in [6, 6.07) is 7.31. The first-order valence-electron chi connectivity index (χ1n) is 7.41. The van der Waals surface area contributed by atoms with Crippen LogP contribution in [0.2, 0.25) is 0 Å². The van der Waals surface area contributed by atoms with E-state index in [1.807, 2.05) is 0 Å². The van der Waals surface area contributed by atoms with Crippen LogP contribution in [0.3, 0.4) is 0 Å². The first-order chi connectivity index (χ1) is 9.25. The maximum absolute atomic E-state index is 9.05. The van der Waals surface area contributed by atoms with Gasteiger partial charge < -0.3 is 15.7 Å². The van der Waals surface area contributed by atoms with E-state index in [0.29, 0.717) is 18.0 Å². The van der Waals surface area contributed by atoms with Crippen LogP contribution >= 0.6 is 24.8 Å². The molecule has 1 heterocycles. The highest BCUT2D eigenvalue weighted by Gasteiger charge is 2.43. The number of fused-ring (bicyclic) bond motifs is 2. The zero-order valence-electron chi connectivity index (χ0n) is 12.5. The van der Waals surface area contributed by atoms with Crippen LogP contribution in [0.25, 0.3) is 0 Å². The SMILES string of the molecule is Cc1ccc2c(c1)C1(CCNCC1)CC2NCCO.Cl.Cl. The van der Waals surface area contributed by atoms with Crippen molar-refractivity contribution in [3.63, 3.8) is 0 Å². The lowest BCUT2D eigenvalue weighted by Gasteiger charge is -2.35. The lowest BCUT2D eigenvalue weighted by molar-refractivity contribution is 0.260. The molecule has 5 heteroatoms. The Kier molecular flexibility index (Phi) is 6.95. The van der Waals surface area contributed by atoms with Crippen molar-refractivity contribution in [1.29, 1.82) is 0 Å². The Hall–Kier alpha value is -0.320. The molecule has 0 aromatic heterocycles. The fraction of sp³-hybridized carbons (Fsp3) is 0.625. The number of benzene rings is 1. The van der Waals surface area contributed by atoms with Crippen molar-refractivity contribution in [2.75, 3.05) is 26.2 Å². The number of hydrogen-bond acceptors (Lipinski definition) is 3. The molecule has 1 aromatic rings. The molecule has 1 fully saturated rings. The molecule has 0 amide bonds. The van der Waals surface area contributed by atoms with E-state index < -0.39 is 0 Å². The second-order valence-electron chi connectivity index (χ2n) is 6.06. The van der Waals surface area contributed by atoms with Crippen LogP contribution in [0, 0.1) is 6.92 Å². The molecule has 3 nitrogen and oxygen atoms in total. The van der Waals surface area contributed by atoms with E-state index >= 15 is 0 Å². The Morgan fingerprint density at radius 2 is 2.00 bits per heavy atom. The number of halogens is 2. The first-order valence-corrected chi connectivity index (χ1v) is 7.41. The molecule has 1 saturated heterocycles. The number of rotatable bonds is 3. The molecule has 3 rings (SSSR count). The van der Waals surface area contributed by atoms with Gasteiger partial charge in [-0.25, -0.2) is 0 Å². The fourth-order valence-corrected chi connectivity index (χ4v) is 3.84. The van der Waals surface area contributed by atoms with Gasteiger partial charge >= 0.3 is 0 Å². The van der Waals surface area contributed by atoms with Crippen molar-refractivity contribution in [3.05, 3.63) is 34.9 Å². The highest BCUT2D eigenvalue weighted by Crippen LogP contribution is 2.50. The summed E-state index contributed by atoms with van der Waals surface area (Å²) in [5.41, 5.74) is 4.74. The minimum atomic E-state index is 0. The molecule has 1 spiro atoms. The molecular weight excluding hydrogens is 307 g/mol. The van der Waals surface area contributed by atoms with Crippen LogP contribution in [-0.2, 0) is 5.41 Å². The van der Waals surface area contributed by atoms with Gasteiger partial charge in [0.15, 0.2) is 0 Å². The van der Waals surface area contributed by atoms with Crippen LogP contribution in [0.5, 0.6) is 0 Å². The highest BCUT2D eigenvalue weighted by atomic mass is 35.5. The van der Waals surface area contributed by atoms with E-state index in [2.05, 4.69) is 35.8 Å². The molecule has 3 N–H and O–H groups in total. The number of aliphatic hydroxyl groups excluding tert-OH is 1. The second kappa shape index (κ2) is 7.80. The summed E-state index contributed by atoms with van der Waals surface area (Å²) >= 11 is 0. The van der Waals surface area contributed by atoms with Gasteiger partial charge in [0.2, 0.25) is 0 Å². The normalized spacial score (nSPS) is 22.3. The number of aryl methyl sites for hydroxylation is 1. The molecule has 1 aliphatic carbocycles. The van der Waals surface area contributed by atoms with Crippen LogP contribution in [-0.4, -0.2) is 31.3 Å². The predicted molar refractivity (Wildman–Crippen MR) is 91.9 cm³/mol. The molecule has 0 radical (unpaired) electrons. The molecule has 0 bridgehead atoms. The van der Waals surface area contributed by atoms with Gasteiger partial charge in [0.05, 0.1) is 6.61 Å². The summed E-state index contributed by atoms with van der Waals surface area (Å²) in [6.07, 6.45) is 3.66. The van der Waals surface area contributed by atoms with Gasteiger partial charge in [0, 0.05) is 12.6 Å². The van der Waals surface area contributed by atoms with Gasteiger partial charge in [-0.2, -0.15) is 0 Å². The Balaban J connectivity index is 0.00000110. The summed E-state index contributed by atoms with van der Waals surface area (Å²) < 4.78 is 0. The molecular formula is C16H26Cl2N2O. The van der Waals surface area contributed by atoms with Crippen molar-refractivity contribution in [1.82, 2.24) is 10.6 Å². The van der Waals surface area contributed by atoms with Crippen molar-refractivity contribution < 1.29 is 5.11 Å². The van der Waals surface area contributed by atoms with Gasteiger partial charge in [-0.05, 0) is 55.8 Å². The maximum atomic E-state index is 9.05. The largest absolute Gasteiger partial charge is 0.395 e. The van der Waals surface area contributed by atoms with E-state index in [-0.39, 0.29) is 31.4 Å². The van der Waals surface area contributed by atoms with E-state index in [4.69, 9.17) is 5.11 Å². The summed E-state index contributed by atoms with van der Waals surface area (Å²) in [7, 11) is 0. The quantitative estimate of drug-likeness (QED) is 0.796. The molecule has 1 aromatic carbocycles. The summed E-state index contributed by atoms with van der Waals surface area (Å²) in [5, 5.41) is 16.0. The Morgan fingerprint density at radius 3 is 2.67 bits per heavy atom. The zero-order chi connectivity index (χ0) is 13.3. The van der Waals surface area contributed by atoms with Gasteiger partial charge in [0.25, 0.3) is 0 Å². The average molecular weight is 333 g/mol. The molecule has 120 valence electrons. The Labute approximate surface area is 139 Å². The van der Waals surface area contributed by atoms with Crippen LogP contribution in [0.15, 0.2) is 18.2 Å². The van der Waals surface area contributed by atoms with Crippen molar-refractivity contribution >= 4 is 24.8 Å². The smallest absolute Gasteiger partial charge is 0.0556 e. The molecule has 2 aliphatic rings. The Morgan fingerprint density at radius 1 is 1.29 bits per heavy atom. The topological polar surface area (TPSA) is 44.3 Å².